The summed E-state index contributed by atoms with van der Waals surface area (Å²) in [4.78, 5) is 14.6. The van der Waals surface area contributed by atoms with Crippen molar-refractivity contribution >= 4 is 27.5 Å². The molecule has 1 amide bonds. The first-order valence-corrected chi connectivity index (χ1v) is 8.20. The smallest absolute Gasteiger partial charge is 0.259 e. The number of ether oxygens (including phenoxy) is 1. The zero-order valence-electron chi connectivity index (χ0n) is 13.6. The second-order valence-corrected chi connectivity index (χ2v) is 6.48. The van der Waals surface area contributed by atoms with E-state index in [4.69, 9.17) is 4.74 Å². The maximum absolute atomic E-state index is 12.6. The molecule has 5 heteroatoms. The van der Waals surface area contributed by atoms with Crippen LogP contribution in [0.25, 0.3) is 0 Å². The van der Waals surface area contributed by atoms with Gasteiger partial charge >= 0.3 is 0 Å². The number of hydrogen-bond acceptors (Lipinski definition) is 3. The third-order valence-electron chi connectivity index (χ3n) is 3.36. The van der Waals surface area contributed by atoms with Gasteiger partial charge in [-0.3, -0.25) is 4.79 Å². The van der Waals surface area contributed by atoms with Gasteiger partial charge in [-0.1, -0.05) is 28.1 Å². The number of likely N-dealkylation sites (N-methyl/N-ethyl adjacent to an activating group) is 1. The second-order valence-electron chi connectivity index (χ2n) is 5.56. The number of nitrogens with zero attached hydrogens (tertiary/aromatic N) is 1. The number of aryl methyl sites for hydroxylation is 1. The molecule has 2 rings (SSSR count). The molecule has 0 saturated heterocycles. The Bertz CT molecular complexity index is 686. The summed E-state index contributed by atoms with van der Waals surface area (Å²) < 4.78 is 6.73. The maximum atomic E-state index is 12.6. The van der Waals surface area contributed by atoms with Crippen molar-refractivity contribution in [2.24, 2.45) is 0 Å². The molecule has 0 aliphatic rings. The fraction of sp³-hybridized carbons (Fsp3) is 0.278. The summed E-state index contributed by atoms with van der Waals surface area (Å²) in [6.45, 7) is 3.29. The Labute approximate surface area is 145 Å². The van der Waals surface area contributed by atoms with Crippen molar-refractivity contribution in [3.05, 3.63) is 58.1 Å². The van der Waals surface area contributed by atoms with E-state index in [2.05, 4.69) is 21.2 Å². The van der Waals surface area contributed by atoms with Crippen molar-refractivity contribution in [1.82, 2.24) is 4.90 Å². The van der Waals surface area contributed by atoms with Gasteiger partial charge in [0.05, 0.1) is 5.56 Å². The molecule has 4 nitrogen and oxygen atoms in total. The van der Waals surface area contributed by atoms with Crippen LogP contribution in [0.3, 0.4) is 0 Å². The number of amides is 1. The summed E-state index contributed by atoms with van der Waals surface area (Å²) in [6.07, 6.45) is 0. The standard InChI is InChI=1S/C18H21BrN2O2/c1-13-12-14(19)8-9-16(13)20-18(22)15-6-4-5-7-17(15)23-11-10-21(2)3/h4-9,12H,10-11H2,1-3H3,(H,20,22). The largest absolute Gasteiger partial charge is 0.491 e. The van der Waals surface area contributed by atoms with Gasteiger partial charge in [0.1, 0.15) is 12.4 Å². The molecule has 0 saturated carbocycles. The Hall–Kier alpha value is -1.85. The molecule has 0 fully saturated rings. The first-order valence-electron chi connectivity index (χ1n) is 7.41. The number of benzene rings is 2. The topological polar surface area (TPSA) is 41.6 Å². The van der Waals surface area contributed by atoms with Gasteiger partial charge in [-0.2, -0.15) is 0 Å². The first-order chi connectivity index (χ1) is 11.0. The highest BCUT2D eigenvalue weighted by atomic mass is 79.9. The summed E-state index contributed by atoms with van der Waals surface area (Å²) >= 11 is 3.42. The highest BCUT2D eigenvalue weighted by Crippen LogP contribution is 2.23. The summed E-state index contributed by atoms with van der Waals surface area (Å²) in [5.74, 6) is 0.428. The number of carbonyl (C=O) groups is 1. The van der Waals surface area contributed by atoms with E-state index in [1.165, 1.54) is 0 Å². The minimum Gasteiger partial charge on any atom is -0.491 e. The van der Waals surface area contributed by atoms with Crippen LogP contribution in [0.5, 0.6) is 5.75 Å². The van der Waals surface area contributed by atoms with Crippen LogP contribution in [0.15, 0.2) is 46.9 Å². The number of nitrogens with one attached hydrogen (secondary N) is 1. The van der Waals surface area contributed by atoms with E-state index in [1.807, 2.05) is 62.3 Å². The predicted octanol–water partition coefficient (Wildman–Crippen LogP) is 3.95. The number of halogens is 1. The number of anilines is 1. The van der Waals surface area contributed by atoms with Crippen LogP contribution in [0.2, 0.25) is 0 Å². The molecule has 0 aliphatic carbocycles. The van der Waals surface area contributed by atoms with Gasteiger partial charge in [-0.25, -0.2) is 0 Å². The monoisotopic (exact) mass is 376 g/mol. The SMILES string of the molecule is Cc1cc(Br)ccc1NC(=O)c1ccccc1OCCN(C)C. The zero-order chi connectivity index (χ0) is 16.8. The highest BCUT2D eigenvalue weighted by molar-refractivity contribution is 9.10. The van der Waals surface area contributed by atoms with Crippen LogP contribution < -0.4 is 10.1 Å². The van der Waals surface area contributed by atoms with E-state index in [0.29, 0.717) is 17.9 Å². The zero-order valence-corrected chi connectivity index (χ0v) is 15.2. The molecule has 0 atom stereocenters. The number of rotatable bonds is 6. The molecular formula is C18H21BrN2O2. The Morgan fingerprint density at radius 1 is 1.22 bits per heavy atom. The Morgan fingerprint density at radius 3 is 2.65 bits per heavy atom. The minimum absolute atomic E-state index is 0.170. The quantitative estimate of drug-likeness (QED) is 0.829. The average Bonchev–Trinajstić information content (AvgIpc) is 2.50. The first kappa shape index (κ1) is 17.5. The highest BCUT2D eigenvalue weighted by Gasteiger charge is 2.13. The molecule has 23 heavy (non-hydrogen) atoms. The van der Waals surface area contributed by atoms with E-state index in [0.717, 1.165) is 22.3 Å². The number of para-hydroxylation sites is 1. The van der Waals surface area contributed by atoms with E-state index in [1.54, 1.807) is 6.07 Å². The van der Waals surface area contributed by atoms with Crippen molar-refractivity contribution in [3.63, 3.8) is 0 Å². The van der Waals surface area contributed by atoms with Crippen molar-refractivity contribution in [1.29, 1.82) is 0 Å². The van der Waals surface area contributed by atoms with Gasteiger partial charge < -0.3 is 15.0 Å². The van der Waals surface area contributed by atoms with E-state index >= 15 is 0 Å². The lowest BCUT2D eigenvalue weighted by Gasteiger charge is -2.14. The van der Waals surface area contributed by atoms with Gasteiger partial charge in [0.15, 0.2) is 0 Å². The van der Waals surface area contributed by atoms with Crippen LogP contribution in [0.1, 0.15) is 15.9 Å². The molecular weight excluding hydrogens is 356 g/mol. The molecule has 0 aliphatic heterocycles. The minimum atomic E-state index is -0.170. The van der Waals surface area contributed by atoms with Crippen LogP contribution in [0, 0.1) is 6.92 Å². The molecule has 0 radical (unpaired) electrons. The number of carbonyl (C=O) groups excluding carboxylic acids is 1. The molecule has 0 unspecified atom stereocenters. The van der Waals surface area contributed by atoms with Gasteiger partial charge in [0, 0.05) is 16.7 Å². The van der Waals surface area contributed by atoms with Gasteiger partial charge in [-0.05, 0) is 56.9 Å². The fourth-order valence-electron chi connectivity index (χ4n) is 2.08. The Morgan fingerprint density at radius 2 is 1.96 bits per heavy atom. The summed E-state index contributed by atoms with van der Waals surface area (Å²) in [7, 11) is 3.97. The molecule has 0 spiro atoms. The Kier molecular flexibility index (Phi) is 6.19. The van der Waals surface area contributed by atoms with Crippen LogP contribution >= 0.6 is 15.9 Å². The van der Waals surface area contributed by atoms with Gasteiger partial charge in [0.25, 0.3) is 5.91 Å². The van der Waals surface area contributed by atoms with E-state index in [9.17, 15) is 4.79 Å². The summed E-state index contributed by atoms with van der Waals surface area (Å²) in [5.41, 5.74) is 2.33. The lowest BCUT2D eigenvalue weighted by Crippen LogP contribution is -2.20. The molecule has 122 valence electrons. The molecule has 1 N–H and O–H groups in total. The molecule has 0 heterocycles. The molecule has 2 aromatic carbocycles. The van der Waals surface area contributed by atoms with Gasteiger partial charge in [-0.15, -0.1) is 0 Å². The van der Waals surface area contributed by atoms with Crippen molar-refractivity contribution in [2.75, 3.05) is 32.6 Å². The van der Waals surface area contributed by atoms with Crippen LogP contribution in [-0.4, -0.2) is 38.1 Å². The maximum Gasteiger partial charge on any atom is 0.259 e. The van der Waals surface area contributed by atoms with Crippen molar-refractivity contribution in [2.45, 2.75) is 6.92 Å². The van der Waals surface area contributed by atoms with Crippen LogP contribution in [0.4, 0.5) is 5.69 Å². The normalized spacial score (nSPS) is 10.7. The van der Waals surface area contributed by atoms with Crippen molar-refractivity contribution < 1.29 is 9.53 Å². The Balaban J connectivity index is 2.12. The van der Waals surface area contributed by atoms with E-state index < -0.39 is 0 Å². The van der Waals surface area contributed by atoms with Crippen molar-refractivity contribution in [3.8, 4) is 5.75 Å². The molecule has 0 bridgehead atoms. The third kappa shape index (κ3) is 5.08. The molecule has 2 aromatic rings. The molecule has 0 aromatic heterocycles. The van der Waals surface area contributed by atoms with Gasteiger partial charge in [0.2, 0.25) is 0 Å². The third-order valence-corrected chi connectivity index (χ3v) is 3.86. The average molecular weight is 377 g/mol. The number of hydrogen-bond donors (Lipinski definition) is 1. The second kappa shape index (κ2) is 8.13. The van der Waals surface area contributed by atoms with E-state index in [-0.39, 0.29) is 5.91 Å². The lowest BCUT2D eigenvalue weighted by atomic mass is 10.1. The fourth-order valence-corrected chi connectivity index (χ4v) is 2.55. The summed E-state index contributed by atoms with van der Waals surface area (Å²) in [5, 5.41) is 2.94. The van der Waals surface area contributed by atoms with Crippen LogP contribution in [-0.2, 0) is 0 Å². The lowest BCUT2D eigenvalue weighted by molar-refractivity contribution is 0.102. The summed E-state index contributed by atoms with van der Waals surface area (Å²) in [6, 6.07) is 13.0. The predicted molar refractivity (Wildman–Crippen MR) is 97.3 cm³/mol.